The summed E-state index contributed by atoms with van der Waals surface area (Å²) < 4.78 is 0. The van der Waals surface area contributed by atoms with Gasteiger partial charge in [-0.1, -0.05) is 6.92 Å². The molecule has 1 heterocycles. The van der Waals surface area contributed by atoms with E-state index in [-0.39, 0.29) is 0 Å². The van der Waals surface area contributed by atoms with Crippen LogP contribution in [-0.2, 0) is 0 Å². The van der Waals surface area contributed by atoms with E-state index in [1.54, 1.807) is 0 Å². The van der Waals surface area contributed by atoms with Gasteiger partial charge in [0, 0.05) is 19.1 Å². The van der Waals surface area contributed by atoms with Crippen LogP contribution in [0.2, 0.25) is 0 Å². The average molecular weight is 212 g/mol. The summed E-state index contributed by atoms with van der Waals surface area (Å²) in [5, 5.41) is 10.5. The van der Waals surface area contributed by atoms with Gasteiger partial charge < -0.3 is 14.9 Å². The van der Waals surface area contributed by atoms with Gasteiger partial charge in [-0.2, -0.15) is 0 Å². The molecule has 1 aliphatic carbocycles. The molecule has 2 aliphatic rings. The first kappa shape index (κ1) is 11.4. The molecule has 1 atom stereocenters. The number of hydrogen-bond donors (Lipinski definition) is 1. The third kappa shape index (κ3) is 2.92. The number of rotatable bonds is 4. The van der Waals surface area contributed by atoms with Crippen LogP contribution in [0.25, 0.3) is 0 Å². The van der Waals surface area contributed by atoms with Gasteiger partial charge in [-0.25, -0.2) is 0 Å². The van der Waals surface area contributed by atoms with Gasteiger partial charge in [-0.15, -0.1) is 0 Å². The summed E-state index contributed by atoms with van der Waals surface area (Å²) in [5.41, 5.74) is -0.453. The molecule has 3 heteroatoms. The van der Waals surface area contributed by atoms with Crippen molar-refractivity contribution in [2.45, 2.75) is 44.2 Å². The summed E-state index contributed by atoms with van der Waals surface area (Å²) in [6.45, 7) is 6.12. The predicted octanol–water partition coefficient (Wildman–Crippen LogP) is 0.927. The number of aliphatic hydroxyl groups is 1. The largest absolute Gasteiger partial charge is 0.387 e. The van der Waals surface area contributed by atoms with Crippen molar-refractivity contribution in [2.75, 3.05) is 33.2 Å². The van der Waals surface area contributed by atoms with Crippen LogP contribution in [-0.4, -0.2) is 59.8 Å². The molecule has 0 aromatic carbocycles. The first-order valence-corrected chi connectivity index (χ1v) is 6.28. The maximum atomic E-state index is 10.5. The van der Waals surface area contributed by atoms with Gasteiger partial charge in [0.15, 0.2) is 0 Å². The molecule has 15 heavy (non-hydrogen) atoms. The van der Waals surface area contributed by atoms with E-state index >= 15 is 0 Å². The Morgan fingerprint density at radius 1 is 1.47 bits per heavy atom. The minimum absolute atomic E-state index is 0.453. The highest BCUT2D eigenvalue weighted by molar-refractivity contribution is 4.92. The van der Waals surface area contributed by atoms with Crippen molar-refractivity contribution in [3.63, 3.8) is 0 Å². The fraction of sp³-hybridized carbons (Fsp3) is 1.00. The van der Waals surface area contributed by atoms with Gasteiger partial charge in [0.25, 0.3) is 0 Å². The molecule has 0 amide bonds. The monoisotopic (exact) mass is 212 g/mol. The highest BCUT2D eigenvalue weighted by atomic mass is 16.3. The van der Waals surface area contributed by atoms with Crippen LogP contribution in [0.4, 0.5) is 0 Å². The summed E-state index contributed by atoms with van der Waals surface area (Å²) in [6.07, 6.45) is 4.76. The zero-order chi connectivity index (χ0) is 10.9. The molecule has 1 saturated heterocycles. The molecule has 0 radical (unpaired) electrons. The molecule has 3 nitrogen and oxygen atoms in total. The van der Waals surface area contributed by atoms with Crippen LogP contribution in [0.5, 0.6) is 0 Å². The number of likely N-dealkylation sites (tertiary alicyclic amines) is 1. The normalized spacial score (nSPS) is 33.6. The number of likely N-dealkylation sites (N-methyl/N-ethyl adjacent to an activating group) is 2. The second kappa shape index (κ2) is 4.40. The van der Waals surface area contributed by atoms with Crippen LogP contribution in [0.15, 0.2) is 0 Å². The predicted molar refractivity (Wildman–Crippen MR) is 61.9 cm³/mol. The summed E-state index contributed by atoms with van der Waals surface area (Å²) in [5.74, 6) is 0. The summed E-state index contributed by atoms with van der Waals surface area (Å²) >= 11 is 0. The molecule has 1 unspecified atom stereocenters. The average Bonchev–Trinajstić information content (AvgIpc) is 3.00. The lowest BCUT2D eigenvalue weighted by Gasteiger charge is -2.41. The lowest BCUT2D eigenvalue weighted by Crippen LogP contribution is -2.53. The summed E-state index contributed by atoms with van der Waals surface area (Å²) in [7, 11) is 2.15. The van der Waals surface area contributed by atoms with Crippen LogP contribution < -0.4 is 0 Å². The molecule has 1 aliphatic heterocycles. The highest BCUT2D eigenvalue weighted by Crippen LogP contribution is 2.29. The first-order valence-electron chi connectivity index (χ1n) is 6.28. The minimum Gasteiger partial charge on any atom is -0.387 e. The van der Waals surface area contributed by atoms with E-state index in [0.29, 0.717) is 0 Å². The van der Waals surface area contributed by atoms with Gasteiger partial charge in [-0.05, 0) is 45.8 Å². The molecule has 1 saturated carbocycles. The smallest absolute Gasteiger partial charge is 0.0900 e. The van der Waals surface area contributed by atoms with Gasteiger partial charge in [0.1, 0.15) is 0 Å². The van der Waals surface area contributed by atoms with E-state index in [1.807, 2.05) is 0 Å². The van der Waals surface area contributed by atoms with E-state index in [0.717, 1.165) is 45.1 Å². The highest BCUT2D eigenvalue weighted by Gasteiger charge is 2.37. The van der Waals surface area contributed by atoms with Crippen molar-refractivity contribution >= 4 is 0 Å². The van der Waals surface area contributed by atoms with Crippen molar-refractivity contribution < 1.29 is 5.11 Å². The number of piperidine rings is 1. The van der Waals surface area contributed by atoms with Crippen molar-refractivity contribution in [1.82, 2.24) is 9.80 Å². The second-order valence-corrected chi connectivity index (χ2v) is 5.34. The quantitative estimate of drug-likeness (QED) is 0.751. The molecule has 0 aromatic heterocycles. The fourth-order valence-electron chi connectivity index (χ4n) is 2.71. The van der Waals surface area contributed by atoms with Crippen LogP contribution in [0, 0.1) is 0 Å². The maximum Gasteiger partial charge on any atom is 0.0900 e. The van der Waals surface area contributed by atoms with Gasteiger partial charge in [-0.3, -0.25) is 0 Å². The van der Waals surface area contributed by atoms with E-state index in [2.05, 4.69) is 23.8 Å². The van der Waals surface area contributed by atoms with Crippen molar-refractivity contribution in [2.24, 2.45) is 0 Å². The third-order valence-electron chi connectivity index (χ3n) is 3.80. The van der Waals surface area contributed by atoms with E-state index in [9.17, 15) is 5.11 Å². The Hall–Kier alpha value is -0.120. The Morgan fingerprint density at radius 3 is 2.80 bits per heavy atom. The minimum atomic E-state index is -0.453. The zero-order valence-corrected chi connectivity index (χ0v) is 10.1. The fourth-order valence-corrected chi connectivity index (χ4v) is 2.71. The Kier molecular flexibility index (Phi) is 3.33. The second-order valence-electron chi connectivity index (χ2n) is 5.34. The Labute approximate surface area is 93.1 Å². The maximum absolute atomic E-state index is 10.5. The molecule has 2 rings (SSSR count). The number of hydrogen-bond acceptors (Lipinski definition) is 3. The first-order chi connectivity index (χ1) is 7.13. The van der Waals surface area contributed by atoms with Crippen molar-refractivity contribution in [3.8, 4) is 0 Å². The van der Waals surface area contributed by atoms with Gasteiger partial charge in [0.2, 0.25) is 0 Å². The summed E-state index contributed by atoms with van der Waals surface area (Å²) in [4.78, 5) is 4.71. The standard InChI is InChI=1S/C12H24N2O/c1-3-14-8-4-7-12(15,10-14)9-13(2)11-5-6-11/h11,15H,3-10H2,1-2H3. The molecule has 1 N–H and O–H groups in total. The zero-order valence-electron chi connectivity index (χ0n) is 10.1. The molecular formula is C12H24N2O. The molecule has 88 valence electrons. The van der Waals surface area contributed by atoms with Crippen LogP contribution in [0.3, 0.4) is 0 Å². The molecule has 0 spiro atoms. The molecule has 0 bridgehead atoms. The lowest BCUT2D eigenvalue weighted by atomic mass is 9.92. The van der Waals surface area contributed by atoms with Crippen molar-refractivity contribution in [3.05, 3.63) is 0 Å². The SMILES string of the molecule is CCN1CCCC(O)(CN(C)C2CC2)C1. The van der Waals surface area contributed by atoms with E-state index < -0.39 is 5.60 Å². The van der Waals surface area contributed by atoms with E-state index in [4.69, 9.17) is 0 Å². The van der Waals surface area contributed by atoms with Gasteiger partial charge >= 0.3 is 0 Å². The topological polar surface area (TPSA) is 26.7 Å². The van der Waals surface area contributed by atoms with Gasteiger partial charge in [0.05, 0.1) is 5.60 Å². The van der Waals surface area contributed by atoms with Crippen molar-refractivity contribution in [1.29, 1.82) is 0 Å². The van der Waals surface area contributed by atoms with Crippen LogP contribution in [0.1, 0.15) is 32.6 Å². The van der Waals surface area contributed by atoms with E-state index in [1.165, 1.54) is 12.8 Å². The molecule has 2 fully saturated rings. The Balaban J connectivity index is 1.86. The number of nitrogens with zero attached hydrogens (tertiary/aromatic N) is 2. The third-order valence-corrected chi connectivity index (χ3v) is 3.80. The Morgan fingerprint density at radius 2 is 2.20 bits per heavy atom. The summed E-state index contributed by atoms with van der Waals surface area (Å²) in [6, 6.07) is 0.756. The van der Waals surface area contributed by atoms with Crippen LogP contribution >= 0.6 is 0 Å². The Bertz CT molecular complexity index is 218. The molecule has 0 aromatic rings. The lowest BCUT2D eigenvalue weighted by molar-refractivity contribution is -0.0493. The molecular weight excluding hydrogens is 188 g/mol. The number of β-amino-alcohol motifs (C(OH)–C–C–N with tert-alkyl or cyclic N) is 1.